The van der Waals surface area contributed by atoms with Gasteiger partial charge in [-0.25, -0.2) is 0 Å². The van der Waals surface area contributed by atoms with Crippen molar-refractivity contribution in [2.75, 3.05) is 26.9 Å². The molecule has 0 amide bonds. The highest BCUT2D eigenvalue weighted by atomic mass is 16.5. The van der Waals surface area contributed by atoms with Gasteiger partial charge in [0, 0.05) is 12.2 Å². The van der Waals surface area contributed by atoms with Crippen LogP contribution in [0.2, 0.25) is 0 Å². The van der Waals surface area contributed by atoms with E-state index in [1.54, 1.807) is 7.11 Å². The minimum Gasteiger partial charge on any atom is -0.496 e. The maximum Gasteiger partial charge on any atom is 0.123 e. The third-order valence-electron chi connectivity index (χ3n) is 3.62. The fraction of sp³-hybridized carbons (Fsp3) is 0.667. The molecule has 2 atom stereocenters. The van der Waals surface area contributed by atoms with Gasteiger partial charge < -0.3 is 14.8 Å². The van der Waals surface area contributed by atoms with Crippen LogP contribution in [0.15, 0.2) is 24.3 Å². The van der Waals surface area contributed by atoms with E-state index >= 15 is 0 Å². The summed E-state index contributed by atoms with van der Waals surface area (Å²) in [5.41, 5.74) is 1.18. The van der Waals surface area contributed by atoms with Crippen molar-refractivity contribution in [2.24, 2.45) is 5.92 Å². The van der Waals surface area contributed by atoms with Gasteiger partial charge in [-0.15, -0.1) is 0 Å². The number of hydrogen-bond donors (Lipinski definition) is 1. The number of para-hydroxylation sites is 1. The maximum absolute atomic E-state index is 5.94. The Bertz CT molecular complexity index is 381. The molecule has 0 spiro atoms. The summed E-state index contributed by atoms with van der Waals surface area (Å²) < 4.78 is 11.4. The van der Waals surface area contributed by atoms with Crippen LogP contribution in [0.1, 0.15) is 51.6 Å². The highest BCUT2D eigenvalue weighted by molar-refractivity contribution is 5.35. The van der Waals surface area contributed by atoms with E-state index in [2.05, 4.69) is 38.2 Å². The van der Waals surface area contributed by atoms with E-state index in [0.717, 1.165) is 25.3 Å². The Kier molecular flexibility index (Phi) is 9.11. The molecule has 0 bridgehead atoms. The topological polar surface area (TPSA) is 30.5 Å². The molecule has 3 heteroatoms. The van der Waals surface area contributed by atoms with Crippen LogP contribution in [0.5, 0.6) is 5.75 Å². The minimum absolute atomic E-state index is 0.190. The van der Waals surface area contributed by atoms with Crippen LogP contribution >= 0.6 is 0 Å². The van der Waals surface area contributed by atoms with Crippen molar-refractivity contribution in [2.45, 2.75) is 46.1 Å². The number of ether oxygens (including phenoxy) is 2. The third kappa shape index (κ3) is 6.49. The maximum atomic E-state index is 5.94. The molecule has 0 aliphatic rings. The van der Waals surface area contributed by atoms with Crippen molar-refractivity contribution in [3.63, 3.8) is 0 Å². The fourth-order valence-corrected chi connectivity index (χ4v) is 2.49. The fourth-order valence-electron chi connectivity index (χ4n) is 2.49. The minimum atomic E-state index is 0.190. The molecule has 1 aromatic rings. The van der Waals surface area contributed by atoms with Gasteiger partial charge in [-0.3, -0.25) is 0 Å². The summed E-state index contributed by atoms with van der Waals surface area (Å²) in [7, 11) is 1.72. The number of hydrogen-bond acceptors (Lipinski definition) is 3. The lowest BCUT2D eigenvalue weighted by Crippen LogP contribution is -2.27. The molecule has 1 N–H and O–H groups in total. The number of nitrogens with one attached hydrogen (secondary N) is 1. The Balaban J connectivity index is 2.62. The Labute approximate surface area is 130 Å². The van der Waals surface area contributed by atoms with Gasteiger partial charge in [-0.2, -0.15) is 0 Å². The summed E-state index contributed by atoms with van der Waals surface area (Å²) in [5.74, 6) is 1.55. The van der Waals surface area contributed by atoms with Gasteiger partial charge in [-0.1, -0.05) is 45.4 Å². The standard InChI is InChI=1S/C18H31NO2/c1-5-9-15(3)13-21-14-17(19-12-6-2)16-10-7-8-11-18(16)20-4/h7-8,10-11,15,17,19H,5-6,9,12-14H2,1-4H3. The predicted octanol–water partition coefficient (Wildman–Crippen LogP) is 4.19. The first-order chi connectivity index (χ1) is 10.2. The monoisotopic (exact) mass is 293 g/mol. The van der Waals surface area contributed by atoms with E-state index in [4.69, 9.17) is 9.47 Å². The van der Waals surface area contributed by atoms with E-state index in [1.165, 1.54) is 18.4 Å². The second-order valence-corrected chi connectivity index (χ2v) is 5.68. The van der Waals surface area contributed by atoms with Crippen LogP contribution < -0.4 is 10.1 Å². The predicted molar refractivity (Wildman–Crippen MR) is 88.9 cm³/mol. The normalized spacial score (nSPS) is 13.9. The molecule has 3 nitrogen and oxygen atoms in total. The quantitative estimate of drug-likeness (QED) is 0.663. The van der Waals surface area contributed by atoms with Crippen molar-refractivity contribution in [1.29, 1.82) is 0 Å². The highest BCUT2D eigenvalue weighted by Gasteiger charge is 2.15. The Morgan fingerprint density at radius 3 is 2.52 bits per heavy atom. The Hall–Kier alpha value is -1.06. The van der Waals surface area contributed by atoms with E-state index in [1.807, 2.05) is 12.1 Å². The van der Waals surface area contributed by atoms with Crippen LogP contribution in [0.3, 0.4) is 0 Å². The van der Waals surface area contributed by atoms with Crippen LogP contribution in [0, 0.1) is 5.92 Å². The largest absolute Gasteiger partial charge is 0.496 e. The SMILES string of the molecule is CCCNC(COCC(C)CCC)c1ccccc1OC. The molecular weight excluding hydrogens is 262 g/mol. The molecule has 21 heavy (non-hydrogen) atoms. The summed E-state index contributed by atoms with van der Waals surface area (Å²) in [6.07, 6.45) is 3.55. The van der Waals surface area contributed by atoms with Gasteiger partial charge >= 0.3 is 0 Å². The first kappa shape index (κ1) is 18.0. The van der Waals surface area contributed by atoms with Crippen molar-refractivity contribution in [3.05, 3.63) is 29.8 Å². The zero-order valence-corrected chi connectivity index (χ0v) is 14.0. The van der Waals surface area contributed by atoms with Crippen molar-refractivity contribution in [3.8, 4) is 5.75 Å². The van der Waals surface area contributed by atoms with Crippen LogP contribution in [-0.4, -0.2) is 26.9 Å². The smallest absolute Gasteiger partial charge is 0.123 e. The average Bonchev–Trinajstić information content (AvgIpc) is 2.51. The molecule has 0 saturated carbocycles. The molecule has 0 saturated heterocycles. The van der Waals surface area contributed by atoms with E-state index in [0.29, 0.717) is 12.5 Å². The average molecular weight is 293 g/mol. The van der Waals surface area contributed by atoms with E-state index in [9.17, 15) is 0 Å². The Morgan fingerprint density at radius 2 is 1.86 bits per heavy atom. The van der Waals surface area contributed by atoms with E-state index in [-0.39, 0.29) is 6.04 Å². The summed E-state index contributed by atoms with van der Waals surface area (Å²) in [6.45, 7) is 9.15. The highest BCUT2D eigenvalue weighted by Crippen LogP contribution is 2.25. The molecule has 1 rings (SSSR count). The van der Waals surface area contributed by atoms with Gasteiger partial charge in [-0.05, 0) is 31.4 Å². The summed E-state index contributed by atoms with van der Waals surface area (Å²) in [4.78, 5) is 0. The van der Waals surface area contributed by atoms with Crippen molar-refractivity contribution in [1.82, 2.24) is 5.32 Å². The number of rotatable bonds is 11. The lowest BCUT2D eigenvalue weighted by molar-refractivity contribution is 0.0827. The molecule has 0 heterocycles. The molecule has 0 aliphatic carbocycles. The number of methoxy groups -OCH3 is 1. The first-order valence-electron chi connectivity index (χ1n) is 8.16. The van der Waals surface area contributed by atoms with Gasteiger partial charge in [0.2, 0.25) is 0 Å². The summed E-state index contributed by atoms with van der Waals surface area (Å²) in [5, 5.41) is 3.56. The van der Waals surface area contributed by atoms with Crippen LogP contribution in [-0.2, 0) is 4.74 Å². The second kappa shape index (κ2) is 10.6. The van der Waals surface area contributed by atoms with Gasteiger partial charge in [0.05, 0.1) is 19.8 Å². The second-order valence-electron chi connectivity index (χ2n) is 5.68. The summed E-state index contributed by atoms with van der Waals surface area (Å²) >= 11 is 0. The van der Waals surface area contributed by atoms with Gasteiger partial charge in [0.15, 0.2) is 0 Å². The molecule has 1 aromatic carbocycles. The molecule has 0 fully saturated rings. The lowest BCUT2D eigenvalue weighted by atomic mass is 10.1. The Morgan fingerprint density at radius 1 is 1.10 bits per heavy atom. The lowest BCUT2D eigenvalue weighted by Gasteiger charge is -2.22. The zero-order chi connectivity index (χ0) is 15.5. The molecular formula is C18H31NO2. The number of benzene rings is 1. The zero-order valence-electron chi connectivity index (χ0n) is 14.0. The molecule has 0 aliphatic heterocycles. The van der Waals surface area contributed by atoms with Gasteiger partial charge in [0.25, 0.3) is 0 Å². The van der Waals surface area contributed by atoms with Gasteiger partial charge in [0.1, 0.15) is 5.75 Å². The van der Waals surface area contributed by atoms with Crippen molar-refractivity contribution >= 4 is 0 Å². The first-order valence-corrected chi connectivity index (χ1v) is 8.16. The van der Waals surface area contributed by atoms with E-state index < -0.39 is 0 Å². The molecule has 0 aromatic heterocycles. The molecule has 0 radical (unpaired) electrons. The van der Waals surface area contributed by atoms with Crippen LogP contribution in [0.4, 0.5) is 0 Å². The molecule has 120 valence electrons. The third-order valence-corrected chi connectivity index (χ3v) is 3.62. The van der Waals surface area contributed by atoms with Crippen LogP contribution in [0.25, 0.3) is 0 Å². The molecule has 2 unspecified atom stereocenters. The summed E-state index contributed by atoms with van der Waals surface area (Å²) in [6, 6.07) is 8.37. The van der Waals surface area contributed by atoms with Crippen molar-refractivity contribution < 1.29 is 9.47 Å².